The predicted molar refractivity (Wildman–Crippen MR) is 87.7 cm³/mol. The van der Waals surface area contributed by atoms with Gasteiger partial charge in [-0.3, -0.25) is 4.79 Å². The van der Waals surface area contributed by atoms with Gasteiger partial charge in [-0.1, -0.05) is 17.7 Å². The molecular formula is C14H20ClN3O3S. The minimum Gasteiger partial charge on any atom is -0.368 e. The summed E-state index contributed by atoms with van der Waals surface area (Å²) in [5.41, 5.74) is 1.04. The van der Waals surface area contributed by atoms with Gasteiger partial charge in [0.15, 0.2) is 0 Å². The van der Waals surface area contributed by atoms with E-state index in [4.69, 9.17) is 11.6 Å². The summed E-state index contributed by atoms with van der Waals surface area (Å²) < 4.78 is 23.8. The maximum Gasteiger partial charge on any atom is 0.238 e. The lowest BCUT2D eigenvalue weighted by molar-refractivity contribution is -0.131. The SMILES string of the molecule is CN(CC(=O)N1CCN(c2cccc(Cl)c2)CC1)S(C)(=O)=O. The van der Waals surface area contributed by atoms with Crippen molar-refractivity contribution in [3.05, 3.63) is 29.3 Å². The first-order valence-corrected chi connectivity index (χ1v) is 9.19. The molecule has 0 unspecified atom stereocenters. The fourth-order valence-electron chi connectivity index (χ4n) is 2.29. The van der Waals surface area contributed by atoms with Crippen LogP contribution in [-0.4, -0.2) is 69.6 Å². The van der Waals surface area contributed by atoms with E-state index in [-0.39, 0.29) is 12.5 Å². The van der Waals surface area contributed by atoms with Crippen LogP contribution in [0.2, 0.25) is 5.02 Å². The Morgan fingerprint density at radius 1 is 1.27 bits per heavy atom. The maximum absolute atomic E-state index is 12.1. The summed E-state index contributed by atoms with van der Waals surface area (Å²) in [7, 11) is -1.92. The number of hydrogen-bond donors (Lipinski definition) is 0. The normalized spacial score (nSPS) is 16.2. The number of anilines is 1. The van der Waals surface area contributed by atoms with Crippen LogP contribution in [0.25, 0.3) is 0 Å². The predicted octanol–water partition coefficient (Wildman–Crippen LogP) is 0.880. The van der Waals surface area contributed by atoms with Gasteiger partial charge in [0.2, 0.25) is 15.9 Å². The van der Waals surface area contributed by atoms with Gasteiger partial charge in [0.25, 0.3) is 0 Å². The highest BCUT2D eigenvalue weighted by Gasteiger charge is 2.24. The maximum atomic E-state index is 12.1. The molecule has 0 N–H and O–H groups in total. The minimum absolute atomic E-state index is 0.115. The van der Waals surface area contributed by atoms with E-state index in [0.717, 1.165) is 16.2 Å². The third-order valence-corrected chi connectivity index (χ3v) is 5.23. The zero-order valence-electron chi connectivity index (χ0n) is 12.7. The smallest absolute Gasteiger partial charge is 0.238 e. The van der Waals surface area contributed by atoms with E-state index in [1.807, 2.05) is 24.3 Å². The highest BCUT2D eigenvalue weighted by molar-refractivity contribution is 7.88. The Labute approximate surface area is 136 Å². The van der Waals surface area contributed by atoms with E-state index in [0.29, 0.717) is 31.2 Å². The number of nitrogens with zero attached hydrogens (tertiary/aromatic N) is 3. The lowest BCUT2D eigenvalue weighted by Gasteiger charge is -2.36. The summed E-state index contributed by atoms with van der Waals surface area (Å²) in [5, 5.41) is 0.686. The molecule has 22 heavy (non-hydrogen) atoms. The molecule has 1 aliphatic heterocycles. The van der Waals surface area contributed by atoms with Gasteiger partial charge in [-0.05, 0) is 18.2 Å². The van der Waals surface area contributed by atoms with Crippen LogP contribution in [0.3, 0.4) is 0 Å². The molecule has 6 nitrogen and oxygen atoms in total. The number of benzene rings is 1. The van der Waals surface area contributed by atoms with E-state index < -0.39 is 10.0 Å². The molecule has 122 valence electrons. The lowest BCUT2D eigenvalue weighted by atomic mass is 10.2. The Morgan fingerprint density at radius 3 is 2.45 bits per heavy atom. The van der Waals surface area contributed by atoms with Crippen molar-refractivity contribution in [1.29, 1.82) is 0 Å². The van der Waals surface area contributed by atoms with E-state index in [1.165, 1.54) is 7.05 Å². The van der Waals surface area contributed by atoms with Crippen molar-refractivity contribution < 1.29 is 13.2 Å². The van der Waals surface area contributed by atoms with Crippen molar-refractivity contribution in [2.24, 2.45) is 0 Å². The number of carbonyl (C=O) groups excluding carboxylic acids is 1. The molecule has 1 fully saturated rings. The molecule has 0 saturated carbocycles. The Balaban J connectivity index is 1.90. The molecule has 1 saturated heterocycles. The van der Waals surface area contributed by atoms with Crippen LogP contribution in [0.1, 0.15) is 0 Å². The first-order chi connectivity index (χ1) is 10.3. The van der Waals surface area contributed by atoms with E-state index in [1.54, 1.807) is 4.90 Å². The van der Waals surface area contributed by atoms with Crippen LogP contribution in [0.5, 0.6) is 0 Å². The standard InChI is InChI=1S/C14H20ClN3O3S/c1-16(22(2,20)21)11-14(19)18-8-6-17(7-9-18)13-5-3-4-12(15)10-13/h3-5,10H,6-9,11H2,1-2H3. The number of likely N-dealkylation sites (N-methyl/N-ethyl adjacent to an activating group) is 1. The van der Waals surface area contributed by atoms with Crippen molar-refractivity contribution in [1.82, 2.24) is 9.21 Å². The molecule has 1 aromatic carbocycles. The second-order valence-electron chi connectivity index (χ2n) is 5.37. The third-order valence-electron chi connectivity index (χ3n) is 3.73. The first kappa shape index (κ1) is 17.1. The van der Waals surface area contributed by atoms with Crippen LogP contribution < -0.4 is 4.90 Å². The Kier molecular flexibility index (Phi) is 5.31. The summed E-state index contributed by atoms with van der Waals surface area (Å²) in [6.45, 7) is 2.44. The summed E-state index contributed by atoms with van der Waals surface area (Å²) in [6, 6.07) is 7.61. The van der Waals surface area contributed by atoms with Gasteiger partial charge in [0.05, 0.1) is 12.8 Å². The number of rotatable bonds is 4. The van der Waals surface area contributed by atoms with Gasteiger partial charge < -0.3 is 9.80 Å². The number of sulfonamides is 1. The molecule has 0 atom stereocenters. The van der Waals surface area contributed by atoms with Gasteiger partial charge in [-0.2, -0.15) is 4.31 Å². The molecule has 0 radical (unpaired) electrons. The van der Waals surface area contributed by atoms with Gasteiger partial charge >= 0.3 is 0 Å². The van der Waals surface area contributed by atoms with Crippen molar-refractivity contribution in [3.63, 3.8) is 0 Å². The molecule has 0 bridgehead atoms. The van der Waals surface area contributed by atoms with Gasteiger partial charge in [0, 0.05) is 43.9 Å². The summed E-state index contributed by atoms with van der Waals surface area (Å²) in [5.74, 6) is -0.168. The molecule has 1 heterocycles. The molecule has 8 heteroatoms. The average Bonchev–Trinajstić information content (AvgIpc) is 2.46. The number of carbonyl (C=O) groups is 1. The van der Waals surface area contributed by atoms with E-state index in [2.05, 4.69) is 4.90 Å². The van der Waals surface area contributed by atoms with Crippen molar-refractivity contribution in [2.45, 2.75) is 0 Å². The molecule has 1 aromatic rings. The van der Waals surface area contributed by atoms with Crippen LogP contribution in [0.4, 0.5) is 5.69 Å². The quantitative estimate of drug-likeness (QED) is 0.812. The Hall–Kier alpha value is -1.31. The van der Waals surface area contributed by atoms with Crippen molar-refractivity contribution >= 4 is 33.2 Å². The first-order valence-electron chi connectivity index (χ1n) is 6.97. The Morgan fingerprint density at radius 2 is 1.91 bits per heavy atom. The van der Waals surface area contributed by atoms with Crippen LogP contribution in [0.15, 0.2) is 24.3 Å². The molecule has 0 aliphatic carbocycles. The van der Waals surface area contributed by atoms with Crippen LogP contribution in [0, 0.1) is 0 Å². The monoisotopic (exact) mass is 345 g/mol. The molecule has 1 amide bonds. The second kappa shape index (κ2) is 6.85. The molecule has 0 aromatic heterocycles. The molecule has 0 spiro atoms. The summed E-state index contributed by atoms with van der Waals surface area (Å²) in [4.78, 5) is 16.0. The molecule has 2 rings (SSSR count). The van der Waals surface area contributed by atoms with Gasteiger partial charge in [-0.15, -0.1) is 0 Å². The minimum atomic E-state index is -3.33. The number of halogens is 1. The van der Waals surface area contributed by atoms with Crippen molar-refractivity contribution in [3.8, 4) is 0 Å². The average molecular weight is 346 g/mol. The fraction of sp³-hybridized carbons (Fsp3) is 0.500. The third kappa shape index (κ3) is 4.34. The lowest BCUT2D eigenvalue weighted by Crippen LogP contribution is -2.51. The Bertz CT molecular complexity index is 642. The van der Waals surface area contributed by atoms with Crippen molar-refractivity contribution in [2.75, 3.05) is 50.9 Å². The van der Waals surface area contributed by atoms with Gasteiger partial charge in [0.1, 0.15) is 0 Å². The highest BCUT2D eigenvalue weighted by Crippen LogP contribution is 2.20. The zero-order chi connectivity index (χ0) is 16.3. The fourth-order valence-corrected chi connectivity index (χ4v) is 2.82. The highest BCUT2D eigenvalue weighted by atomic mass is 35.5. The summed E-state index contributed by atoms with van der Waals surface area (Å²) >= 11 is 5.99. The molecule has 1 aliphatic rings. The number of piperazine rings is 1. The number of hydrogen-bond acceptors (Lipinski definition) is 4. The van der Waals surface area contributed by atoms with Gasteiger partial charge in [-0.25, -0.2) is 8.42 Å². The molecular weight excluding hydrogens is 326 g/mol. The topological polar surface area (TPSA) is 60.9 Å². The largest absolute Gasteiger partial charge is 0.368 e. The van der Waals surface area contributed by atoms with E-state index >= 15 is 0 Å². The zero-order valence-corrected chi connectivity index (χ0v) is 14.3. The van der Waals surface area contributed by atoms with E-state index in [9.17, 15) is 13.2 Å². The van der Waals surface area contributed by atoms with Crippen LogP contribution >= 0.6 is 11.6 Å². The van der Waals surface area contributed by atoms with Crippen LogP contribution in [-0.2, 0) is 14.8 Å². The summed E-state index contributed by atoms with van der Waals surface area (Å²) in [6.07, 6.45) is 1.09. The number of amides is 1. The second-order valence-corrected chi connectivity index (χ2v) is 7.89.